The van der Waals surface area contributed by atoms with Crippen molar-refractivity contribution >= 4 is 21.6 Å². The van der Waals surface area contributed by atoms with Gasteiger partial charge in [0.1, 0.15) is 5.76 Å². The first-order valence-electron chi connectivity index (χ1n) is 7.76. The predicted molar refractivity (Wildman–Crippen MR) is 94.6 cm³/mol. The normalized spacial score (nSPS) is 13.4. The molecule has 0 spiro atoms. The Morgan fingerprint density at radius 2 is 2.20 bits per heavy atom. The maximum Gasteiger partial charge on any atom is 0.255 e. The second kappa shape index (κ2) is 6.65. The van der Waals surface area contributed by atoms with E-state index in [2.05, 4.69) is 5.92 Å². The van der Waals surface area contributed by atoms with Crippen LogP contribution in [-0.4, -0.2) is 38.6 Å². The number of sulfonamides is 1. The van der Waals surface area contributed by atoms with Crippen molar-refractivity contribution < 1.29 is 17.6 Å². The highest BCUT2D eigenvalue weighted by atomic mass is 32.2. The standard InChI is InChI=1S/C18H18N2O4S/c1-3-9-19(13-16-5-4-11-24-16)18(21)15-6-7-17-14(12-15)8-10-20(17)25(2,22)23/h1,4-7,11-12H,8-10,13H2,2H3. The van der Waals surface area contributed by atoms with Crippen LogP contribution in [0, 0.1) is 12.3 Å². The fourth-order valence-electron chi connectivity index (χ4n) is 2.93. The number of amides is 1. The molecule has 0 fully saturated rings. The average Bonchev–Trinajstić information content (AvgIpc) is 3.21. The summed E-state index contributed by atoms with van der Waals surface area (Å²) in [5.74, 6) is 2.92. The number of fused-ring (bicyclic) bond motifs is 1. The molecule has 0 unspecified atom stereocenters. The molecule has 0 N–H and O–H groups in total. The van der Waals surface area contributed by atoms with E-state index in [0.717, 1.165) is 5.56 Å². The lowest BCUT2D eigenvalue weighted by Gasteiger charge is -2.20. The van der Waals surface area contributed by atoms with E-state index in [4.69, 9.17) is 10.8 Å². The summed E-state index contributed by atoms with van der Waals surface area (Å²) in [7, 11) is -3.31. The number of hydrogen-bond donors (Lipinski definition) is 0. The highest BCUT2D eigenvalue weighted by Crippen LogP contribution is 2.31. The van der Waals surface area contributed by atoms with E-state index in [1.807, 2.05) is 0 Å². The van der Waals surface area contributed by atoms with Gasteiger partial charge in [-0.2, -0.15) is 0 Å². The number of benzene rings is 1. The second-order valence-corrected chi connectivity index (χ2v) is 7.78. The molecule has 0 atom stereocenters. The summed E-state index contributed by atoms with van der Waals surface area (Å²) in [6, 6.07) is 8.59. The molecule has 0 bridgehead atoms. The number of terminal acetylenes is 1. The molecule has 0 radical (unpaired) electrons. The van der Waals surface area contributed by atoms with E-state index in [1.54, 1.807) is 36.6 Å². The molecule has 1 aliphatic rings. The molecule has 1 amide bonds. The van der Waals surface area contributed by atoms with E-state index >= 15 is 0 Å². The van der Waals surface area contributed by atoms with Gasteiger partial charge >= 0.3 is 0 Å². The first-order chi connectivity index (χ1) is 11.9. The largest absolute Gasteiger partial charge is 0.467 e. The summed E-state index contributed by atoms with van der Waals surface area (Å²) in [5, 5.41) is 0. The minimum absolute atomic E-state index is 0.159. The van der Waals surface area contributed by atoms with Gasteiger partial charge in [-0.25, -0.2) is 8.42 Å². The third kappa shape index (κ3) is 3.54. The Balaban J connectivity index is 1.86. The average molecular weight is 358 g/mol. The summed E-state index contributed by atoms with van der Waals surface area (Å²) >= 11 is 0. The molecule has 0 saturated heterocycles. The number of carbonyl (C=O) groups is 1. The molecule has 3 rings (SSSR count). The zero-order valence-corrected chi connectivity index (χ0v) is 14.6. The van der Waals surface area contributed by atoms with Crippen LogP contribution in [0.5, 0.6) is 0 Å². The molecule has 0 saturated carbocycles. The topological polar surface area (TPSA) is 70.8 Å². The smallest absolute Gasteiger partial charge is 0.255 e. The number of carbonyl (C=O) groups excluding carboxylic acids is 1. The highest BCUT2D eigenvalue weighted by molar-refractivity contribution is 7.92. The molecule has 1 aromatic carbocycles. The van der Waals surface area contributed by atoms with Crippen molar-refractivity contribution in [2.45, 2.75) is 13.0 Å². The van der Waals surface area contributed by atoms with Crippen molar-refractivity contribution in [1.29, 1.82) is 0 Å². The van der Waals surface area contributed by atoms with E-state index in [9.17, 15) is 13.2 Å². The van der Waals surface area contributed by atoms with Gasteiger partial charge in [0.15, 0.2) is 0 Å². The van der Waals surface area contributed by atoms with Crippen LogP contribution >= 0.6 is 0 Å². The van der Waals surface area contributed by atoms with Crippen molar-refractivity contribution in [3.63, 3.8) is 0 Å². The summed E-state index contributed by atoms with van der Waals surface area (Å²) in [5.41, 5.74) is 1.96. The number of nitrogens with zero attached hydrogens (tertiary/aromatic N) is 2. The first-order valence-corrected chi connectivity index (χ1v) is 9.61. The van der Waals surface area contributed by atoms with Crippen molar-refractivity contribution in [3.8, 4) is 12.3 Å². The third-order valence-corrected chi connectivity index (χ3v) is 5.26. The van der Waals surface area contributed by atoms with Crippen molar-refractivity contribution in [1.82, 2.24) is 4.90 Å². The van der Waals surface area contributed by atoms with Crippen LogP contribution in [0.3, 0.4) is 0 Å². The molecular formula is C18H18N2O4S. The van der Waals surface area contributed by atoms with Gasteiger partial charge in [0.05, 0.1) is 31.3 Å². The summed E-state index contributed by atoms with van der Waals surface area (Å²) < 4.78 is 30.3. The van der Waals surface area contributed by atoms with Crippen molar-refractivity contribution in [2.75, 3.05) is 23.7 Å². The first kappa shape index (κ1) is 17.1. The van der Waals surface area contributed by atoms with Gasteiger partial charge in [-0.1, -0.05) is 5.92 Å². The molecule has 6 nitrogen and oxygen atoms in total. The highest BCUT2D eigenvalue weighted by Gasteiger charge is 2.27. The molecule has 25 heavy (non-hydrogen) atoms. The Morgan fingerprint density at radius 1 is 1.40 bits per heavy atom. The third-order valence-electron chi connectivity index (χ3n) is 4.08. The van der Waals surface area contributed by atoms with E-state index < -0.39 is 10.0 Å². The minimum Gasteiger partial charge on any atom is -0.467 e. The van der Waals surface area contributed by atoms with E-state index in [1.165, 1.54) is 15.5 Å². The summed E-state index contributed by atoms with van der Waals surface area (Å²) in [4.78, 5) is 14.3. The lowest BCUT2D eigenvalue weighted by molar-refractivity contribution is 0.0755. The minimum atomic E-state index is -3.31. The van der Waals surface area contributed by atoms with Crippen molar-refractivity contribution in [3.05, 3.63) is 53.5 Å². The lowest BCUT2D eigenvalue weighted by Crippen LogP contribution is -2.31. The van der Waals surface area contributed by atoms with Gasteiger partial charge in [0, 0.05) is 12.1 Å². The zero-order chi connectivity index (χ0) is 18.0. The van der Waals surface area contributed by atoms with Crippen LogP contribution in [-0.2, 0) is 23.0 Å². The number of hydrogen-bond acceptors (Lipinski definition) is 4. The molecule has 130 valence electrons. The fraction of sp³-hybridized carbons (Fsp3) is 0.278. The van der Waals surface area contributed by atoms with Gasteiger partial charge < -0.3 is 9.32 Å². The van der Waals surface area contributed by atoms with Crippen molar-refractivity contribution in [2.24, 2.45) is 0 Å². The van der Waals surface area contributed by atoms with Gasteiger partial charge in [-0.15, -0.1) is 6.42 Å². The Bertz CT molecular complexity index is 926. The van der Waals surface area contributed by atoms with Crippen LogP contribution in [0.4, 0.5) is 5.69 Å². The van der Waals surface area contributed by atoms with E-state index in [-0.39, 0.29) is 19.0 Å². The zero-order valence-electron chi connectivity index (χ0n) is 13.8. The Morgan fingerprint density at radius 3 is 2.84 bits per heavy atom. The van der Waals surface area contributed by atoms with Crippen LogP contribution in [0.25, 0.3) is 0 Å². The van der Waals surface area contributed by atoms with Gasteiger partial charge in [-0.05, 0) is 42.3 Å². The molecule has 7 heteroatoms. The van der Waals surface area contributed by atoms with Gasteiger partial charge in [-0.3, -0.25) is 9.10 Å². The number of anilines is 1. The van der Waals surface area contributed by atoms with Crippen LogP contribution in [0.1, 0.15) is 21.7 Å². The Labute approximate surface area is 147 Å². The monoisotopic (exact) mass is 358 g/mol. The summed E-state index contributed by atoms with van der Waals surface area (Å²) in [6.07, 6.45) is 8.69. The fourth-order valence-corrected chi connectivity index (χ4v) is 3.89. The summed E-state index contributed by atoms with van der Waals surface area (Å²) in [6.45, 7) is 0.834. The quantitative estimate of drug-likeness (QED) is 0.765. The Kier molecular flexibility index (Phi) is 4.55. The SMILES string of the molecule is C#CCN(Cc1ccco1)C(=O)c1ccc2c(c1)CCN2S(C)(=O)=O. The molecular weight excluding hydrogens is 340 g/mol. The molecule has 1 aliphatic heterocycles. The molecule has 1 aromatic heterocycles. The predicted octanol–water partition coefficient (Wildman–Crippen LogP) is 1.88. The maximum atomic E-state index is 12.8. The Hall–Kier alpha value is -2.72. The van der Waals surface area contributed by atoms with Gasteiger partial charge in [0.25, 0.3) is 5.91 Å². The van der Waals surface area contributed by atoms with Crippen LogP contribution in [0.15, 0.2) is 41.0 Å². The van der Waals surface area contributed by atoms with Crippen LogP contribution in [0.2, 0.25) is 0 Å². The maximum absolute atomic E-state index is 12.8. The van der Waals surface area contributed by atoms with Gasteiger partial charge in [0.2, 0.25) is 10.0 Å². The number of rotatable bonds is 5. The molecule has 2 aromatic rings. The molecule has 2 heterocycles. The second-order valence-electron chi connectivity index (χ2n) is 5.87. The number of furan rings is 1. The van der Waals surface area contributed by atoms with E-state index in [0.29, 0.717) is 30.0 Å². The van der Waals surface area contributed by atoms with Crippen LogP contribution < -0.4 is 4.31 Å². The molecule has 0 aliphatic carbocycles. The lowest BCUT2D eigenvalue weighted by atomic mass is 10.1.